The number of amides is 2. The van der Waals surface area contributed by atoms with Gasteiger partial charge in [0, 0.05) is 37.6 Å². The molecular formula is C83H92Br4Cl4F2N20O11. The highest BCUT2D eigenvalue weighted by molar-refractivity contribution is 9.11. The molecule has 1 atom stereocenters. The predicted octanol–water partition coefficient (Wildman–Crippen LogP) is 19.9. The van der Waals surface area contributed by atoms with Gasteiger partial charge in [0.05, 0.1) is 93.3 Å². The van der Waals surface area contributed by atoms with Gasteiger partial charge in [-0.2, -0.15) is 15.3 Å². The third-order valence-electron chi connectivity index (χ3n) is 16.7. The van der Waals surface area contributed by atoms with Crippen LogP contribution in [0.2, 0.25) is 10.2 Å². The maximum absolute atomic E-state index is 13.2. The minimum Gasteiger partial charge on any atom is -0.493 e. The smallest absolute Gasteiger partial charge is 0.312 e. The quantitative estimate of drug-likeness (QED) is 0.00995. The number of fused-ring (bicyclic) bond motifs is 1. The van der Waals surface area contributed by atoms with E-state index in [1.165, 1.54) is 37.7 Å². The minimum absolute atomic E-state index is 0. The van der Waals surface area contributed by atoms with E-state index in [9.17, 15) is 28.5 Å². The summed E-state index contributed by atoms with van der Waals surface area (Å²) < 4.78 is 73.2. The Morgan fingerprint density at radius 3 is 1.35 bits per heavy atom. The van der Waals surface area contributed by atoms with Crippen molar-refractivity contribution in [2.24, 2.45) is 16.1 Å². The molecule has 13 aromatic rings. The number of benzene rings is 8. The zero-order valence-electron chi connectivity index (χ0n) is 69.6. The van der Waals surface area contributed by atoms with Crippen molar-refractivity contribution in [3.8, 4) is 51.6 Å². The Labute approximate surface area is 770 Å². The van der Waals surface area contributed by atoms with E-state index in [1.54, 1.807) is 73.9 Å². The number of nitro groups is 1. The molecule has 124 heavy (non-hydrogen) atoms. The van der Waals surface area contributed by atoms with Crippen molar-refractivity contribution in [1.82, 2.24) is 64.1 Å². The molecule has 0 saturated carbocycles. The molecule has 1 fully saturated rings. The molecular weight excluding hydrogens is 1950 g/mol. The van der Waals surface area contributed by atoms with E-state index in [0.29, 0.717) is 51.9 Å². The summed E-state index contributed by atoms with van der Waals surface area (Å²) in [6, 6.07) is 54.8. The fourth-order valence-corrected chi connectivity index (χ4v) is 14.3. The van der Waals surface area contributed by atoms with E-state index in [0.717, 1.165) is 112 Å². The number of carbonyl (C=O) groups is 2. The maximum Gasteiger partial charge on any atom is 0.312 e. The van der Waals surface area contributed by atoms with Gasteiger partial charge in [-0.25, -0.2) is 58.0 Å². The first-order chi connectivity index (χ1) is 58.8. The van der Waals surface area contributed by atoms with Crippen molar-refractivity contribution in [2.45, 2.75) is 87.3 Å². The zero-order valence-corrected chi connectivity index (χ0v) is 79.0. The van der Waals surface area contributed by atoms with Gasteiger partial charge in [0.2, 0.25) is 17.6 Å². The number of aromatic nitrogens is 12. The van der Waals surface area contributed by atoms with Crippen LogP contribution in [0.1, 0.15) is 97.7 Å². The molecule has 1 aliphatic rings. The molecule has 41 heteroatoms. The Morgan fingerprint density at radius 1 is 0.548 bits per heavy atom. The number of aryl methyl sites for hydroxylation is 6. The normalized spacial score (nSPS) is 11.4. The van der Waals surface area contributed by atoms with Crippen LogP contribution in [-0.2, 0) is 14.3 Å². The summed E-state index contributed by atoms with van der Waals surface area (Å²) in [4.78, 5) is 55.7. The molecule has 6 heterocycles. The third kappa shape index (κ3) is 29.1. The van der Waals surface area contributed by atoms with Gasteiger partial charge in [0.1, 0.15) is 74.6 Å². The maximum atomic E-state index is 13.2. The molecule has 1 unspecified atom stereocenters. The molecule has 8 aromatic carbocycles. The highest BCUT2D eigenvalue weighted by Crippen LogP contribution is 2.40. The highest BCUT2D eigenvalue weighted by Gasteiger charge is 2.29. The standard InChI is InChI=1S/C24H22N4O.C12H11Cl2F2N3O.C11H12BrN3O.C11H14N4O.C7H9BrN2O.C7H6BrNO3.C7H8BrNO.C4H7NO2.ClH2N.ClH/c1-17-25-18(2)28(27-17)22-16-10-15-21(24(22)29-3)26-23(19-11-6-4-7-12-19)20-13-8-5-9-14-20;13-6-5-7(14)17-11-9(6)18-12(10(15)16)19(11)8-3-1-2-4-20-8;2*1-7-13-8(2)15(14-7)10-6-4-5-9(12)11(10)16-3;1-11-7-5(8)3-2-4-6(7)10-9;1-12-7-5(8)3-2-4-6(7)9(10)11;1-10-7-5(8)3-2-4-6(7)9;1-3(6)5-4(2)7;1-2;/h4-16H,1-3H3;5,8,10H,1-4H2;4-6H,1-3H3;4-6H,12H2,1-3H3;2-4,10H,9H2,1H3;2-4H,1H3;2-4H,9H2,1H3;1-2H3,(H,5,6,7);2H2;1H. The number of nitrogen functional groups attached to an aromatic ring is 3. The van der Waals surface area contributed by atoms with E-state index >= 15 is 0 Å². The number of aliphatic imine (C=N–C) groups is 1. The van der Waals surface area contributed by atoms with Crippen LogP contribution >= 0.6 is 111 Å². The Kier molecular flexibility index (Phi) is 43.4. The molecule has 0 radical (unpaired) electrons. The number of nitrogens with zero attached hydrogens (tertiary/aromatic N) is 14. The number of hydrogen-bond acceptors (Lipinski definition) is 25. The van der Waals surface area contributed by atoms with Crippen LogP contribution in [0.5, 0.6) is 34.5 Å². The largest absolute Gasteiger partial charge is 0.493 e. The number of para-hydroxylation sites is 6. The third-order valence-corrected chi connectivity index (χ3v) is 19.6. The Balaban J connectivity index is 0.000000259. The fourth-order valence-electron chi connectivity index (χ4n) is 11.7. The number of carbonyl (C=O) groups excluding carboxylic acids is 2. The number of rotatable bonds is 16. The number of nitrogens with two attached hydrogens (primary N) is 4. The monoisotopic (exact) mass is 2040 g/mol. The van der Waals surface area contributed by atoms with Crippen molar-refractivity contribution >= 4 is 168 Å². The molecule has 14 rings (SSSR count). The highest BCUT2D eigenvalue weighted by atomic mass is 79.9. The number of imidazole rings is 1. The summed E-state index contributed by atoms with van der Waals surface area (Å²) in [6.07, 6.45) is -0.773. The van der Waals surface area contributed by atoms with Crippen molar-refractivity contribution in [2.75, 3.05) is 66.2 Å². The summed E-state index contributed by atoms with van der Waals surface area (Å²) in [7, 11) is 9.48. The van der Waals surface area contributed by atoms with E-state index in [-0.39, 0.29) is 62.8 Å². The number of methoxy groups -OCH3 is 6. The lowest BCUT2D eigenvalue weighted by molar-refractivity contribution is -0.385. The van der Waals surface area contributed by atoms with E-state index < -0.39 is 17.6 Å². The van der Waals surface area contributed by atoms with Gasteiger partial charge >= 0.3 is 5.69 Å². The molecule has 10 N–H and O–H groups in total. The lowest BCUT2D eigenvalue weighted by Gasteiger charge is -2.25. The molecule has 5 aromatic heterocycles. The van der Waals surface area contributed by atoms with Gasteiger partial charge in [0.15, 0.2) is 40.2 Å². The van der Waals surface area contributed by atoms with Crippen molar-refractivity contribution in [1.29, 1.82) is 0 Å². The molecule has 660 valence electrons. The minimum atomic E-state index is -2.73. The van der Waals surface area contributed by atoms with Crippen molar-refractivity contribution in [3.05, 3.63) is 266 Å². The van der Waals surface area contributed by atoms with Crippen LogP contribution in [0, 0.1) is 51.7 Å². The van der Waals surface area contributed by atoms with Gasteiger partial charge in [0.25, 0.3) is 6.43 Å². The summed E-state index contributed by atoms with van der Waals surface area (Å²) in [5.74, 6) is 12.6. The number of ether oxygens (including phenoxy) is 7. The average Bonchev–Trinajstić information content (AvgIpc) is 1.60. The van der Waals surface area contributed by atoms with Gasteiger partial charge < -0.3 is 50.1 Å². The Hall–Kier alpha value is -11.0. The number of pyridine rings is 1. The predicted molar refractivity (Wildman–Crippen MR) is 497 cm³/mol. The number of nitro benzene ring substituents is 1. The number of halogens is 10. The van der Waals surface area contributed by atoms with E-state index in [1.807, 2.05) is 162 Å². The summed E-state index contributed by atoms with van der Waals surface area (Å²) in [6.45, 7) is 14.4. The van der Waals surface area contributed by atoms with Crippen LogP contribution in [0.3, 0.4) is 0 Å². The Morgan fingerprint density at radius 2 is 0.960 bits per heavy atom. The van der Waals surface area contributed by atoms with E-state index in [2.05, 4.69) is 151 Å². The number of hydrogen-bond donors (Lipinski definition) is 6. The number of alkyl halides is 2. The van der Waals surface area contributed by atoms with Crippen LogP contribution in [0.4, 0.5) is 37.2 Å². The molecule has 0 aliphatic carbocycles. The number of imide groups is 1. The van der Waals surface area contributed by atoms with Gasteiger partial charge in [-0.15, -0.1) is 12.4 Å². The van der Waals surface area contributed by atoms with Gasteiger partial charge in [-0.1, -0.05) is 120 Å². The molecule has 1 aliphatic heterocycles. The molecule has 1 saturated heterocycles. The van der Waals surface area contributed by atoms with Crippen LogP contribution in [0.15, 0.2) is 199 Å². The topological polar surface area (TPSA) is 405 Å². The second-order valence-electron chi connectivity index (χ2n) is 25.2. The van der Waals surface area contributed by atoms with Crippen molar-refractivity contribution < 1.29 is 56.5 Å². The first kappa shape index (κ1) is 104. The van der Waals surface area contributed by atoms with Gasteiger partial charge in [-0.05, 0) is 209 Å². The first-order valence-electron chi connectivity index (χ1n) is 36.7. The summed E-state index contributed by atoms with van der Waals surface area (Å²) in [5.41, 5.74) is 22.6. The van der Waals surface area contributed by atoms with E-state index in [4.69, 9.17) is 78.7 Å². The SMILES string of the molecule is CC(=O)NC(C)=O.COc1c(Br)cccc1-n1nc(C)nc1C.COc1c(Br)cccc1NN.COc1c(Br)cccc1[N+](=O)[O-].COc1c(N)cccc1-n1nc(C)nc1C.COc1c(N)cccc1Br.COc1c(N=C(c2ccccc2)c2ccccc2)cccc1-n1nc(C)nc1C.Cl.FC(F)c1nc2c(Cl)cc(Cl)nc2n1C1CCCCO1.NCl. The molecule has 2 amide bonds. The molecule has 31 nitrogen and oxygen atoms in total. The van der Waals surface area contributed by atoms with Crippen molar-refractivity contribution in [3.63, 3.8) is 0 Å². The van der Waals surface area contributed by atoms with Crippen LogP contribution < -0.4 is 61.7 Å². The van der Waals surface area contributed by atoms with Crippen LogP contribution in [-0.4, -0.2) is 131 Å². The fraction of sp³-hybridized carbons (Fsp3) is 0.241. The number of nitrogens with one attached hydrogen (secondary N) is 2. The zero-order chi connectivity index (χ0) is 90.7. The first-order valence-corrected chi connectivity index (χ1v) is 41.0. The number of anilines is 3. The second-order valence-corrected chi connectivity index (χ2v) is 29.5. The lowest BCUT2D eigenvalue weighted by Crippen LogP contribution is -2.24. The summed E-state index contributed by atoms with van der Waals surface area (Å²) in [5, 5.41) is 29.9. The molecule has 0 bridgehead atoms. The second kappa shape index (κ2) is 52.0. The van der Waals surface area contributed by atoms with Crippen LogP contribution in [0.25, 0.3) is 28.2 Å². The molecule has 0 spiro atoms. The summed E-state index contributed by atoms with van der Waals surface area (Å²) >= 11 is 29.2. The van der Waals surface area contributed by atoms with Gasteiger partial charge in [-0.3, -0.25) is 35.4 Å². The Bertz CT molecular complexity index is 5510. The average molecular weight is 2050 g/mol. The lowest BCUT2D eigenvalue weighted by atomic mass is 10.0. The number of hydrazine groups is 1.